The number of thiophene rings is 1. The molecule has 2 saturated heterocycles. The van der Waals surface area contributed by atoms with Crippen molar-refractivity contribution in [2.45, 2.75) is 58.7 Å². The molecule has 214 valence electrons. The fraction of sp³-hybridized carbons (Fsp3) is 0.455. The number of aromatic nitrogens is 2. The number of rotatable bonds is 6. The molecule has 0 bridgehead atoms. The zero-order valence-electron chi connectivity index (χ0n) is 23.8. The van der Waals surface area contributed by atoms with Gasteiger partial charge in [0.2, 0.25) is 11.8 Å². The van der Waals surface area contributed by atoms with Crippen LogP contribution in [0.1, 0.15) is 44.4 Å². The lowest BCUT2D eigenvalue weighted by molar-refractivity contribution is -0.143. The number of halogens is 1. The van der Waals surface area contributed by atoms with Crippen LogP contribution in [-0.4, -0.2) is 50.3 Å². The second-order valence-corrected chi connectivity index (χ2v) is 14.9. The zero-order valence-corrected chi connectivity index (χ0v) is 25.3. The third-order valence-electron chi connectivity index (χ3n) is 10.3. The van der Waals surface area contributed by atoms with Gasteiger partial charge in [0, 0.05) is 64.5 Å². The molecule has 9 heteroatoms. The van der Waals surface area contributed by atoms with Gasteiger partial charge in [-0.1, -0.05) is 25.4 Å². The molecule has 42 heavy (non-hydrogen) atoms. The maximum atomic E-state index is 13.0. The number of carbonyl (C=O) groups is 2. The van der Waals surface area contributed by atoms with Gasteiger partial charge in [-0.05, 0) is 61.4 Å². The smallest absolute Gasteiger partial charge is 0.234 e. The molecular weight excluding hydrogens is 566 g/mol. The van der Waals surface area contributed by atoms with Gasteiger partial charge < -0.3 is 9.47 Å². The fourth-order valence-electron chi connectivity index (χ4n) is 7.63. The fourth-order valence-corrected chi connectivity index (χ4v) is 8.99. The summed E-state index contributed by atoms with van der Waals surface area (Å²) in [6.07, 6.45) is 8.24. The van der Waals surface area contributed by atoms with Crippen LogP contribution in [0, 0.1) is 34.0 Å². The van der Waals surface area contributed by atoms with Gasteiger partial charge in [-0.2, -0.15) is 5.26 Å². The Labute approximate surface area is 253 Å². The minimum absolute atomic E-state index is 0.0515. The van der Waals surface area contributed by atoms with E-state index in [-0.39, 0.29) is 35.6 Å². The molecule has 2 aliphatic heterocycles. The highest BCUT2D eigenvalue weighted by Gasteiger charge is 2.72. The minimum Gasteiger partial charge on any atom is -0.345 e. The summed E-state index contributed by atoms with van der Waals surface area (Å²) in [4.78, 5) is 35.6. The van der Waals surface area contributed by atoms with Gasteiger partial charge in [0.25, 0.3) is 0 Å². The predicted octanol–water partition coefficient (Wildman–Crippen LogP) is 6.48. The van der Waals surface area contributed by atoms with E-state index in [9.17, 15) is 14.9 Å². The maximum absolute atomic E-state index is 13.0. The van der Waals surface area contributed by atoms with E-state index in [0.717, 1.165) is 69.1 Å². The summed E-state index contributed by atoms with van der Waals surface area (Å²) >= 11 is 8.24. The molecule has 4 aliphatic rings. The SMILES string of the molecule is CC1(C)C2C(=O)N(Cc3cc4nccc(-c5cc(Cl)cc6ccn(CC7(C#N)CCN(C8CC8)CC7)c56)c4s3)C(=O)C21. The van der Waals surface area contributed by atoms with Crippen LogP contribution in [0.15, 0.2) is 42.7 Å². The molecule has 2 atom stereocenters. The maximum Gasteiger partial charge on any atom is 0.234 e. The molecule has 7 nitrogen and oxygen atoms in total. The molecule has 1 aromatic carbocycles. The van der Waals surface area contributed by atoms with Crippen molar-refractivity contribution in [1.82, 2.24) is 19.4 Å². The van der Waals surface area contributed by atoms with Crippen molar-refractivity contribution in [1.29, 1.82) is 5.26 Å². The molecule has 5 heterocycles. The van der Waals surface area contributed by atoms with Gasteiger partial charge in [0.15, 0.2) is 0 Å². The van der Waals surface area contributed by atoms with Gasteiger partial charge in [0.05, 0.1) is 45.6 Å². The number of likely N-dealkylation sites (tertiary alicyclic amines) is 2. The zero-order chi connectivity index (χ0) is 29.0. The topological polar surface area (TPSA) is 82.2 Å². The highest BCUT2D eigenvalue weighted by Crippen LogP contribution is 2.63. The molecule has 8 rings (SSSR count). The number of imide groups is 1. The van der Waals surface area contributed by atoms with Crippen LogP contribution in [0.3, 0.4) is 0 Å². The number of hydrogen-bond donors (Lipinski definition) is 0. The van der Waals surface area contributed by atoms with Crippen LogP contribution in [0.2, 0.25) is 5.02 Å². The Bertz CT molecular complexity index is 1810. The standard InChI is InChI=1S/C33H32ClN5O2S/c1-32(2)26-27(32)31(41)39(30(26)40)16-22-15-25-29(42-22)23(5-9-36-25)24-14-20(34)13-19-6-10-38(28(19)24)18-33(17-35)7-11-37(12-8-33)21-3-4-21/h5-6,9-10,13-15,21,26-27H,3-4,7-8,11-12,16,18H2,1-2H3. The predicted molar refractivity (Wildman–Crippen MR) is 164 cm³/mol. The molecule has 0 N–H and O–H groups in total. The highest BCUT2D eigenvalue weighted by atomic mass is 35.5. The molecule has 2 saturated carbocycles. The summed E-state index contributed by atoms with van der Waals surface area (Å²) in [5, 5.41) is 12.1. The Balaban J connectivity index is 1.15. The van der Waals surface area contributed by atoms with Crippen LogP contribution in [0.5, 0.6) is 0 Å². The summed E-state index contributed by atoms with van der Waals surface area (Å²) in [7, 11) is 0. The summed E-state index contributed by atoms with van der Waals surface area (Å²) in [6, 6.07) is 13.5. The van der Waals surface area contributed by atoms with Gasteiger partial charge >= 0.3 is 0 Å². The average molecular weight is 598 g/mol. The summed E-state index contributed by atoms with van der Waals surface area (Å²) < 4.78 is 3.24. The summed E-state index contributed by atoms with van der Waals surface area (Å²) in [5.41, 5.74) is 3.30. The van der Waals surface area contributed by atoms with Gasteiger partial charge in [-0.3, -0.25) is 19.5 Å². The Morgan fingerprint density at radius 2 is 1.81 bits per heavy atom. The van der Waals surface area contributed by atoms with E-state index in [4.69, 9.17) is 11.6 Å². The molecular formula is C33H32ClN5O2S. The first-order chi connectivity index (χ1) is 20.2. The third-order valence-corrected chi connectivity index (χ3v) is 11.7. The number of nitrogens with zero attached hydrogens (tertiary/aromatic N) is 5. The van der Waals surface area contributed by atoms with Gasteiger partial charge in [0.1, 0.15) is 0 Å². The van der Waals surface area contributed by atoms with Crippen molar-refractivity contribution in [3.8, 4) is 17.2 Å². The Hall–Kier alpha value is -3.25. The molecule has 2 amide bonds. The number of nitriles is 1. The van der Waals surface area contributed by atoms with Crippen LogP contribution in [0.25, 0.3) is 32.2 Å². The van der Waals surface area contributed by atoms with E-state index in [1.54, 1.807) is 11.3 Å². The first-order valence-electron chi connectivity index (χ1n) is 14.9. The van der Waals surface area contributed by atoms with Crippen LogP contribution >= 0.6 is 22.9 Å². The quantitative estimate of drug-likeness (QED) is 0.238. The molecule has 4 aromatic rings. The molecule has 2 aliphatic carbocycles. The van der Waals surface area contributed by atoms with Crippen molar-refractivity contribution in [2.75, 3.05) is 13.1 Å². The van der Waals surface area contributed by atoms with Crippen molar-refractivity contribution in [2.24, 2.45) is 22.7 Å². The van der Waals surface area contributed by atoms with Gasteiger partial charge in [-0.15, -0.1) is 11.3 Å². The number of fused-ring (bicyclic) bond motifs is 3. The number of piperidine rings is 2. The van der Waals surface area contributed by atoms with E-state index in [0.29, 0.717) is 11.6 Å². The Morgan fingerprint density at radius 3 is 2.50 bits per heavy atom. The van der Waals surface area contributed by atoms with E-state index in [2.05, 4.69) is 32.8 Å². The lowest BCUT2D eigenvalue weighted by Crippen LogP contribution is -2.42. The van der Waals surface area contributed by atoms with E-state index in [1.807, 2.05) is 44.3 Å². The lowest BCUT2D eigenvalue weighted by atomic mass is 9.79. The Morgan fingerprint density at radius 1 is 1.07 bits per heavy atom. The summed E-state index contributed by atoms with van der Waals surface area (Å²) in [5.74, 6) is -0.467. The Kier molecular flexibility index (Phi) is 5.73. The first kappa shape index (κ1) is 26.4. The van der Waals surface area contributed by atoms with Gasteiger partial charge in [-0.25, -0.2) is 0 Å². The second kappa shape index (κ2) is 9.12. The second-order valence-electron chi connectivity index (χ2n) is 13.3. The molecule has 3 aromatic heterocycles. The van der Waals surface area contributed by atoms with Crippen LogP contribution < -0.4 is 0 Å². The van der Waals surface area contributed by atoms with E-state index < -0.39 is 5.41 Å². The largest absolute Gasteiger partial charge is 0.345 e. The number of amides is 2. The number of benzene rings is 1. The average Bonchev–Trinajstić information content (AvgIpc) is 3.77. The highest BCUT2D eigenvalue weighted by molar-refractivity contribution is 7.19. The molecule has 0 spiro atoms. The number of pyridine rings is 1. The normalized spacial score (nSPS) is 24.9. The number of carbonyl (C=O) groups excluding carboxylic acids is 2. The third kappa shape index (κ3) is 3.97. The molecule has 2 unspecified atom stereocenters. The summed E-state index contributed by atoms with van der Waals surface area (Å²) in [6.45, 7) is 6.90. The number of hydrogen-bond acceptors (Lipinski definition) is 6. The van der Waals surface area contributed by atoms with Crippen molar-refractivity contribution in [3.63, 3.8) is 0 Å². The lowest BCUT2D eigenvalue weighted by Gasteiger charge is -2.37. The van der Waals surface area contributed by atoms with E-state index >= 15 is 0 Å². The van der Waals surface area contributed by atoms with Crippen LogP contribution in [-0.2, 0) is 22.7 Å². The molecule has 4 fully saturated rings. The van der Waals surface area contributed by atoms with Crippen molar-refractivity contribution < 1.29 is 9.59 Å². The monoisotopic (exact) mass is 597 g/mol. The molecule has 0 radical (unpaired) electrons. The first-order valence-corrected chi connectivity index (χ1v) is 16.1. The van der Waals surface area contributed by atoms with Crippen molar-refractivity contribution in [3.05, 3.63) is 52.6 Å². The van der Waals surface area contributed by atoms with Crippen molar-refractivity contribution >= 4 is 55.9 Å². The van der Waals surface area contributed by atoms with E-state index in [1.165, 1.54) is 17.7 Å². The van der Waals surface area contributed by atoms with Crippen LogP contribution in [0.4, 0.5) is 0 Å². The minimum atomic E-state index is -0.401.